The molecule has 5 nitrogen and oxygen atoms in total. The molecule has 1 amide bonds. The van der Waals surface area contributed by atoms with Gasteiger partial charge in [0.15, 0.2) is 0 Å². The number of methoxy groups -OCH3 is 1. The Balaban J connectivity index is 2.48. The Morgan fingerprint density at radius 3 is 2.83 bits per heavy atom. The summed E-state index contributed by atoms with van der Waals surface area (Å²) in [6.07, 6.45) is -0.842. The second-order valence-corrected chi connectivity index (χ2v) is 2.84. The van der Waals surface area contributed by atoms with E-state index in [1.165, 1.54) is 12.0 Å². The van der Waals surface area contributed by atoms with E-state index in [0.717, 1.165) is 0 Å². The molecule has 0 saturated carbocycles. The van der Waals surface area contributed by atoms with Crippen LogP contribution in [0.2, 0.25) is 0 Å². The van der Waals surface area contributed by atoms with Crippen LogP contribution in [0.3, 0.4) is 0 Å². The fourth-order valence-corrected chi connectivity index (χ4v) is 1.32. The van der Waals surface area contributed by atoms with Gasteiger partial charge in [-0.25, -0.2) is 0 Å². The van der Waals surface area contributed by atoms with Gasteiger partial charge in [0, 0.05) is 20.2 Å². The Labute approximate surface area is 71.1 Å². The second kappa shape index (κ2) is 3.84. The van der Waals surface area contributed by atoms with Crippen LogP contribution in [0.15, 0.2) is 0 Å². The molecule has 0 aromatic carbocycles. The molecule has 1 heterocycles. The highest BCUT2D eigenvalue weighted by Gasteiger charge is 2.33. The molecule has 70 valence electrons. The predicted molar refractivity (Wildman–Crippen MR) is 42.4 cm³/mol. The zero-order valence-electron chi connectivity index (χ0n) is 7.06. The fourth-order valence-electron chi connectivity index (χ4n) is 1.32. The zero-order chi connectivity index (χ0) is 9.14. The van der Waals surface area contributed by atoms with Crippen LogP contribution in [-0.2, 0) is 9.53 Å². The van der Waals surface area contributed by atoms with Gasteiger partial charge in [-0.05, 0) is 0 Å². The van der Waals surface area contributed by atoms with Gasteiger partial charge >= 0.3 is 0 Å². The molecule has 0 aliphatic carbocycles. The average molecular weight is 174 g/mol. The Bertz CT molecular complexity index is 174. The smallest absolute Gasteiger partial charge is 0.236 e. The summed E-state index contributed by atoms with van der Waals surface area (Å²) in [5.41, 5.74) is 5.17. The van der Waals surface area contributed by atoms with Crippen LogP contribution in [-0.4, -0.2) is 54.9 Å². The van der Waals surface area contributed by atoms with E-state index in [4.69, 9.17) is 10.5 Å². The number of likely N-dealkylation sites (tertiary alicyclic amines) is 1. The van der Waals surface area contributed by atoms with Crippen LogP contribution in [0.25, 0.3) is 0 Å². The number of hydrogen-bond acceptors (Lipinski definition) is 4. The summed E-state index contributed by atoms with van der Waals surface area (Å²) in [6.45, 7) is 0.755. The van der Waals surface area contributed by atoms with Gasteiger partial charge in [-0.1, -0.05) is 0 Å². The monoisotopic (exact) mass is 174 g/mol. The summed E-state index contributed by atoms with van der Waals surface area (Å²) in [7, 11) is 1.52. The first kappa shape index (κ1) is 9.44. The Morgan fingerprint density at radius 2 is 2.42 bits per heavy atom. The normalized spacial score (nSPS) is 29.4. The molecular weight excluding hydrogens is 160 g/mol. The summed E-state index contributed by atoms with van der Waals surface area (Å²) < 4.78 is 4.96. The maximum Gasteiger partial charge on any atom is 0.236 e. The third-order valence-electron chi connectivity index (χ3n) is 2.07. The molecule has 12 heavy (non-hydrogen) atoms. The first-order chi connectivity index (χ1) is 5.69. The minimum Gasteiger partial charge on any atom is -0.388 e. The van der Waals surface area contributed by atoms with Crippen molar-refractivity contribution in [1.29, 1.82) is 0 Å². The SMILES string of the molecule is CO[C@H]1CN(C(=O)CN)C[C@H]1O. The van der Waals surface area contributed by atoms with Crippen molar-refractivity contribution in [2.75, 3.05) is 26.7 Å². The lowest BCUT2D eigenvalue weighted by atomic mass is 10.3. The number of nitrogens with zero attached hydrogens (tertiary/aromatic N) is 1. The van der Waals surface area contributed by atoms with Gasteiger partial charge in [-0.15, -0.1) is 0 Å². The number of amides is 1. The summed E-state index contributed by atoms with van der Waals surface area (Å²) in [5.74, 6) is -0.145. The van der Waals surface area contributed by atoms with E-state index in [9.17, 15) is 9.90 Å². The molecular formula is C7H14N2O3. The van der Waals surface area contributed by atoms with Gasteiger partial charge in [0.1, 0.15) is 6.10 Å². The number of aliphatic hydroxyl groups is 1. The van der Waals surface area contributed by atoms with Gasteiger partial charge in [-0.2, -0.15) is 0 Å². The number of rotatable bonds is 2. The standard InChI is InChI=1S/C7H14N2O3/c1-12-6-4-9(3-5(6)10)7(11)2-8/h5-6,10H,2-4,8H2,1H3/t5-,6+/m1/s1. The topological polar surface area (TPSA) is 75.8 Å². The highest BCUT2D eigenvalue weighted by Crippen LogP contribution is 2.12. The third kappa shape index (κ3) is 1.74. The van der Waals surface area contributed by atoms with Crippen molar-refractivity contribution >= 4 is 5.91 Å². The predicted octanol–water partition coefficient (Wildman–Crippen LogP) is -1.84. The van der Waals surface area contributed by atoms with Crippen LogP contribution in [0.4, 0.5) is 0 Å². The number of nitrogens with two attached hydrogens (primary N) is 1. The minimum absolute atomic E-state index is 0.0108. The number of ether oxygens (including phenoxy) is 1. The highest BCUT2D eigenvalue weighted by molar-refractivity contribution is 5.78. The summed E-state index contributed by atoms with van der Waals surface area (Å²) in [6, 6.07) is 0. The van der Waals surface area contributed by atoms with Gasteiger partial charge < -0.3 is 20.5 Å². The number of carbonyl (C=O) groups excluding carboxylic acids is 1. The maximum atomic E-state index is 11.1. The van der Waals surface area contributed by atoms with Crippen LogP contribution in [0, 0.1) is 0 Å². The van der Waals surface area contributed by atoms with Crippen molar-refractivity contribution in [1.82, 2.24) is 4.90 Å². The van der Waals surface area contributed by atoms with Crippen molar-refractivity contribution in [3.05, 3.63) is 0 Å². The number of hydrogen-bond donors (Lipinski definition) is 2. The summed E-state index contributed by atoms with van der Waals surface area (Å²) in [4.78, 5) is 12.6. The van der Waals surface area contributed by atoms with Gasteiger partial charge in [0.25, 0.3) is 0 Å². The third-order valence-corrected chi connectivity index (χ3v) is 2.07. The molecule has 1 fully saturated rings. The van der Waals surface area contributed by atoms with E-state index in [2.05, 4.69) is 0 Å². The lowest BCUT2D eigenvalue weighted by molar-refractivity contribution is -0.129. The molecule has 2 atom stereocenters. The van der Waals surface area contributed by atoms with E-state index in [0.29, 0.717) is 13.1 Å². The fraction of sp³-hybridized carbons (Fsp3) is 0.857. The van der Waals surface area contributed by atoms with Crippen LogP contribution in [0.1, 0.15) is 0 Å². The van der Waals surface area contributed by atoms with Crippen molar-refractivity contribution in [3.63, 3.8) is 0 Å². The van der Waals surface area contributed by atoms with Crippen LogP contribution >= 0.6 is 0 Å². The second-order valence-electron chi connectivity index (χ2n) is 2.84. The van der Waals surface area contributed by atoms with Gasteiger partial charge in [0.05, 0.1) is 12.6 Å². The minimum atomic E-state index is -0.578. The Hall–Kier alpha value is -0.650. The van der Waals surface area contributed by atoms with E-state index in [1.54, 1.807) is 0 Å². The lowest BCUT2D eigenvalue weighted by Crippen LogP contribution is -2.35. The van der Waals surface area contributed by atoms with Crippen LogP contribution < -0.4 is 5.73 Å². The molecule has 1 aliphatic heterocycles. The number of carbonyl (C=O) groups is 1. The molecule has 0 bridgehead atoms. The first-order valence-electron chi connectivity index (χ1n) is 3.87. The Kier molecular flexibility index (Phi) is 3.02. The van der Waals surface area contributed by atoms with E-state index >= 15 is 0 Å². The van der Waals surface area contributed by atoms with Crippen molar-refractivity contribution < 1.29 is 14.6 Å². The summed E-state index contributed by atoms with van der Waals surface area (Å²) in [5, 5.41) is 9.34. The molecule has 1 saturated heterocycles. The molecule has 0 aromatic heterocycles. The molecule has 5 heteroatoms. The van der Waals surface area contributed by atoms with Gasteiger partial charge in [0.2, 0.25) is 5.91 Å². The molecule has 0 radical (unpaired) electrons. The molecule has 0 aromatic rings. The molecule has 0 spiro atoms. The average Bonchev–Trinajstić information content (AvgIpc) is 2.45. The largest absolute Gasteiger partial charge is 0.388 e. The molecule has 3 N–H and O–H groups in total. The molecule has 1 rings (SSSR count). The van der Waals surface area contributed by atoms with Crippen molar-refractivity contribution in [2.45, 2.75) is 12.2 Å². The van der Waals surface area contributed by atoms with Crippen LogP contribution in [0.5, 0.6) is 0 Å². The highest BCUT2D eigenvalue weighted by atomic mass is 16.5. The molecule has 1 aliphatic rings. The zero-order valence-corrected chi connectivity index (χ0v) is 7.06. The Morgan fingerprint density at radius 1 is 1.75 bits per heavy atom. The maximum absolute atomic E-state index is 11.1. The van der Waals surface area contributed by atoms with E-state index < -0.39 is 6.10 Å². The van der Waals surface area contributed by atoms with Gasteiger partial charge in [-0.3, -0.25) is 4.79 Å². The quantitative estimate of drug-likeness (QED) is 0.516. The number of aliphatic hydroxyl groups excluding tert-OH is 1. The number of β-amino-alcohol motifs (C(OH)–C–C–N with tert-alkyl or cyclic N) is 1. The van der Waals surface area contributed by atoms with Crippen molar-refractivity contribution in [3.8, 4) is 0 Å². The summed E-state index contributed by atoms with van der Waals surface area (Å²) >= 11 is 0. The van der Waals surface area contributed by atoms with Crippen molar-refractivity contribution in [2.24, 2.45) is 5.73 Å². The first-order valence-corrected chi connectivity index (χ1v) is 3.87. The van der Waals surface area contributed by atoms with E-state index in [-0.39, 0.29) is 18.6 Å². The molecule has 0 unspecified atom stereocenters. The lowest BCUT2D eigenvalue weighted by Gasteiger charge is -2.13. The van der Waals surface area contributed by atoms with E-state index in [1.807, 2.05) is 0 Å².